The number of aromatic nitrogens is 4. The molecule has 3 unspecified atom stereocenters. The number of rotatable bonds is 3. The van der Waals surface area contributed by atoms with Crippen LogP contribution in [0.3, 0.4) is 0 Å². The molecule has 4 atom stereocenters. The molecule has 20 heavy (non-hydrogen) atoms. The Kier molecular flexibility index (Phi) is 3.57. The maximum absolute atomic E-state index is 10.1. The van der Waals surface area contributed by atoms with Gasteiger partial charge in [-0.25, -0.2) is 15.0 Å². The van der Waals surface area contributed by atoms with E-state index < -0.39 is 24.5 Å². The van der Waals surface area contributed by atoms with Crippen molar-refractivity contribution in [3.05, 3.63) is 17.8 Å². The van der Waals surface area contributed by atoms with Gasteiger partial charge in [0.15, 0.2) is 17.0 Å². The van der Waals surface area contributed by atoms with Gasteiger partial charge in [0.05, 0.1) is 12.9 Å². The predicted octanol–water partition coefficient (Wildman–Crippen LogP) is -0.255. The Bertz CT molecular complexity index is 621. The van der Waals surface area contributed by atoms with Crippen LogP contribution < -0.4 is 0 Å². The van der Waals surface area contributed by atoms with E-state index in [1.165, 1.54) is 24.3 Å². The molecule has 2 aromatic rings. The van der Waals surface area contributed by atoms with Gasteiger partial charge in [-0.2, -0.15) is 0 Å². The predicted molar refractivity (Wildman–Crippen MR) is 68.1 cm³/mol. The van der Waals surface area contributed by atoms with Crippen molar-refractivity contribution in [1.82, 2.24) is 19.5 Å². The van der Waals surface area contributed by atoms with Crippen LogP contribution >= 0.6 is 11.6 Å². The van der Waals surface area contributed by atoms with Crippen molar-refractivity contribution >= 4 is 22.8 Å². The highest BCUT2D eigenvalue weighted by Crippen LogP contribution is 2.32. The number of methoxy groups -OCH3 is 1. The summed E-state index contributed by atoms with van der Waals surface area (Å²) in [6, 6.07) is 0. The second-order valence-electron chi connectivity index (χ2n) is 4.49. The molecule has 0 amide bonds. The first-order valence-electron chi connectivity index (χ1n) is 5.97. The molecular weight excluding hydrogens is 288 g/mol. The van der Waals surface area contributed by atoms with E-state index >= 15 is 0 Å². The largest absolute Gasteiger partial charge is 0.387 e. The summed E-state index contributed by atoms with van der Waals surface area (Å²) in [6.45, 7) is 0.178. The fourth-order valence-electron chi connectivity index (χ4n) is 2.27. The molecule has 1 aliphatic heterocycles. The molecule has 2 aromatic heterocycles. The summed E-state index contributed by atoms with van der Waals surface area (Å²) < 4.78 is 12.1. The molecule has 0 spiro atoms. The van der Waals surface area contributed by atoms with Crippen LogP contribution in [-0.4, -0.2) is 61.8 Å². The van der Waals surface area contributed by atoms with Gasteiger partial charge in [-0.3, -0.25) is 4.57 Å². The third-order valence-corrected chi connectivity index (χ3v) is 3.53. The third kappa shape index (κ3) is 2.05. The molecule has 3 rings (SSSR count). The number of hydrogen-bond donors (Lipinski definition) is 2. The summed E-state index contributed by atoms with van der Waals surface area (Å²) in [7, 11) is 1.50. The van der Waals surface area contributed by atoms with Gasteiger partial charge in [0, 0.05) is 7.11 Å². The average Bonchev–Trinajstić information content (AvgIpc) is 2.97. The molecule has 1 fully saturated rings. The SMILES string of the molecule is COCC1O[C@@H](n2cnc3c(Cl)ncnc32)C(O)C1O. The van der Waals surface area contributed by atoms with Crippen molar-refractivity contribution < 1.29 is 19.7 Å². The summed E-state index contributed by atoms with van der Waals surface area (Å²) in [6.07, 6.45) is -0.833. The van der Waals surface area contributed by atoms with E-state index in [0.717, 1.165) is 0 Å². The van der Waals surface area contributed by atoms with Gasteiger partial charge >= 0.3 is 0 Å². The lowest BCUT2D eigenvalue weighted by Crippen LogP contribution is -2.33. The van der Waals surface area contributed by atoms with E-state index in [1.807, 2.05) is 0 Å². The van der Waals surface area contributed by atoms with Gasteiger partial charge in [0.2, 0.25) is 0 Å². The second kappa shape index (κ2) is 5.23. The Labute approximate surface area is 118 Å². The van der Waals surface area contributed by atoms with E-state index in [2.05, 4.69) is 15.0 Å². The van der Waals surface area contributed by atoms with Crippen molar-refractivity contribution in [2.75, 3.05) is 13.7 Å². The smallest absolute Gasteiger partial charge is 0.167 e. The van der Waals surface area contributed by atoms with Crippen LogP contribution in [0, 0.1) is 0 Å². The first-order chi connectivity index (χ1) is 9.63. The summed E-state index contributed by atoms with van der Waals surface area (Å²) in [5.41, 5.74) is 0.842. The normalized spacial score (nSPS) is 30.2. The molecule has 2 N–H and O–H groups in total. The van der Waals surface area contributed by atoms with Crippen molar-refractivity contribution in [3.8, 4) is 0 Å². The van der Waals surface area contributed by atoms with Crippen molar-refractivity contribution in [2.45, 2.75) is 24.5 Å². The second-order valence-corrected chi connectivity index (χ2v) is 4.85. The molecule has 1 saturated heterocycles. The molecule has 0 bridgehead atoms. The minimum Gasteiger partial charge on any atom is -0.387 e. The Morgan fingerprint density at radius 3 is 2.90 bits per heavy atom. The average molecular weight is 301 g/mol. The highest BCUT2D eigenvalue weighted by Gasteiger charge is 2.44. The van der Waals surface area contributed by atoms with Crippen molar-refractivity contribution in [1.29, 1.82) is 0 Å². The minimum atomic E-state index is -1.11. The zero-order valence-corrected chi connectivity index (χ0v) is 11.3. The molecule has 0 saturated carbocycles. The van der Waals surface area contributed by atoms with Gasteiger partial charge in [-0.05, 0) is 0 Å². The van der Waals surface area contributed by atoms with E-state index in [9.17, 15) is 10.2 Å². The quantitative estimate of drug-likeness (QED) is 0.753. The van der Waals surface area contributed by atoms with Gasteiger partial charge in [-0.15, -0.1) is 0 Å². The maximum Gasteiger partial charge on any atom is 0.167 e. The van der Waals surface area contributed by atoms with E-state index in [4.69, 9.17) is 21.1 Å². The van der Waals surface area contributed by atoms with Crippen LogP contribution in [0.2, 0.25) is 5.15 Å². The van der Waals surface area contributed by atoms with Gasteiger partial charge in [-0.1, -0.05) is 11.6 Å². The Hall–Kier alpha value is -1.32. The number of aliphatic hydroxyl groups excluding tert-OH is 2. The molecule has 9 heteroatoms. The first-order valence-corrected chi connectivity index (χ1v) is 6.35. The number of imidazole rings is 1. The summed E-state index contributed by atoms with van der Waals surface area (Å²) in [5.74, 6) is 0. The molecule has 3 heterocycles. The molecule has 0 radical (unpaired) electrons. The first kappa shape index (κ1) is 13.7. The van der Waals surface area contributed by atoms with E-state index in [0.29, 0.717) is 11.2 Å². The Morgan fingerprint density at radius 1 is 1.35 bits per heavy atom. The van der Waals surface area contributed by atoms with Crippen molar-refractivity contribution in [2.24, 2.45) is 0 Å². The van der Waals surface area contributed by atoms with Crippen LogP contribution in [0.5, 0.6) is 0 Å². The van der Waals surface area contributed by atoms with Crippen LogP contribution in [0.1, 0.15) is 6.23 Å². The van der Waals surface area contributed by atoms with Crippen molar-refractivity contribution in [3.63, 3.8) is 0 Å². The van der Waals surface area contributed by atoms with Crippen LogP contribution in [-0.2, 0) is 9.47 Å². The minimum absolute atomic E-state index is 0.178. The highest BCUT2D eigenvalue weighted by molar-refractivity contribution is 6.33. The number of nitrogens with zero attached hydrogens (tertiary/aromatic N) is 4. The summed E-state index contributed by atoms with van der Waals surface area (Å²) in [4.78, 5) is 12.0. The van der Waals surface area contributed by atoms with Gasteiger partial charge in [0.25, 0.3) is 0 Å². The number of fused-ring (bicyclic) bond motifs is 1. The third-order valence-electron chi connectivity index (χ3n) is 3.26. The molecular formula is C11H13ClN4O4. The zero-order chi connectivity index (χ0) is 14.3. The van der Waals surface area contributed by atoms with E-state index in [1.54, 1.807) is 0 Å². The molecule has 1 aliphatic rings. The monoisotopic (exact) mass is 300 g/mol. The number of aliphatic hydroxyl groups is 2. The van der Waals surface area contributed by atoms with Crippen LogP contribution in [0.15, 0.2) is 12.7 Å². The Morgan fingerprint density at radius 2 is 2.15 bits per heavy atom. The molecule has 8 nitrogen and oxygen atoms in total. The topological polar surface area (TPSA) is 103 Å². The zero-order valence-electron chi connectivity index (χ0n) is 10.5. The lowest BCUT2D eigenvalue weighted by Gasteiger charge is -2.16. The van der Waals surface area contributed by atoms with Crippen LogP contribution in [0.25, 0.3) is 11.2 Å². The van der Waals surface area contributed by atoms with Gasteiger partial charge < -0.3 is 19.7 Å². The highest BCUT2D eigenvalue weighted by atomic mass is 35.5. The number of hydrogen-bond acceptors (Lipinski definition) is 7. The van der Waals surface area contributed by atoms with Crippen LogP contribution in [0.4, 0.5) is 0 Å². The van der Waals surface area contributed by atoms with E-state index in [-0.39, 0.29) is 11.8 Å². The standard InChI is InChI=1S/C11H13ClN4O4/c1-19-2-5-7(17)8(18)11(20-5)16-4-15-6-9(12)13-3-14-10(6)16/h3-5,7-8,11,17-18H,2H2,1H3/t5?,7?,8?,11-/m1/s1. The molecule has 0 aliphatic carbocycles. The fourth-order valence-corrected chi connectivity index (χ4v) is 2.45. The summed E-state index contributed by atoms with van der Waals surface area (Å²) >= 11 is 5.92. The lowest BCUT2D eigenvalue weighted by molar-refractivity contribution is -0.0580. The lowest BCUT2D eigenvalue weighted by atomic mass is 10.1. The summed E-state index contributed by atoms with van der Waals surface area (Å²) in [5, 5.41) is 20.3. The Balaban J connectivity index is 1.97. The fraction of sp³-hybridized carbons (Fsp3) is 0.545. The molecule has 0 aromatic carbocycles. The van der Waals surface area contributed by atoms with Gasteiger partial charge in [0.1, 0.15) is 30.2 Å². The maximum atomic E-state index is 10.1. The molecule has 108 valence electrons. The number of ether oxygens (including phenoxy) is 2. The number of halogens is 1.